The average Bonchev–Trinajstić information content (AvgIpc) is 3.09. The van der Waals surface area contributed by atoms with Gasteiger partial charge in [0.2, 0.25) is 0 Å². The maximum absolute atomic E-state index is 12.1. The fourth-order valence-corrected chi connectivity index (χ4v) is 4.24. The van der Waals surface area contributed by atoms with Gasteiger partial charge in [-0.05, 0) is 51.5 Å². The number of hydrogen-bond acceptors (Lipinski definition) is 2. The maximum atomic E-state index is 12.1. The van der Waals surface area contributed by atoms with Crippen LogP contribution in [-0.2, 0) is 0 Å². The summed E-state index contributed by atoms with van der Waals surface area (Å²) in [6.07, 6.45) is 9.88. The lowest BCUT2D eigenvalue weighted by Gasteiger charge is -2.47. The van der Waals surface area contributed by atoms with Gasteiger partial charge in [-0.15, -0.1) is 0 Å². The number of amides is 2. The van der Waals surface area contributed by atoms with Crippen molar-refractivity contribution in [1.82, 2.24) is 15.5 Å². The number of nitrogens with one attached hydrogen (secondary N) is 2. The van der Waals surface area contributed by atoms with E-state index in [-0.39, 0.29) is 6.03 Å². The van der Waals surface area contributed by atoms with E-state index in [9.17, 15) is 4.79 Å². The number of piperidine rings is 2. The van der Waals surface area contributed by atoms with Crippen molar-refractivity contribution >= 4 is 6.03 Å². The smallest absolute Gasteiger partial charge is 0.315 e. The zero-order valence-electron chi connectivity index (χ0n) is 12.9. The van der Waals surface area contributed by atoms with Gasteiger partial charge < -0.3 is 15.5 Å². The van der Waals surface area contributed by atoms with Gasteiger partial charge in [0.25, 0.3) is 0 Å². The Morgan fingerprint density at radius 2 is 1.85 bits per heavy atom. The molecule has 2 heterocycles. The predicted octanol–water partition coefficient (Wildman–Crippen LogP) is 2.49. The van der Waals surface area contributed by atoms with E-state index in [1.54, 1.807) is 0 Å². The first-order chi connectivity index (χ1) is 9.67. The van der Waals surface area contributed by atoms with Crippen molar-refractivity contribution < 1.29 is 4.79 Å². The molecule has 2 aliphatic heterocycles. The summed E-state index contributed by atoms with van der Waals surface area (Å²) in [5.41, 5.74) is 0. The summed E-state index contributed by atoms with van der Waals surface area (Å²) in [6, 6.07) is 2.26. The second-order valence-corrected chi connectivity index (χ2v) is 7.08. The Balaban J connectivity index is 1.43. The molecule has 3 rings (SSSR count). The summed E-state index contributed by atoms with van der Waals surface area (Å²) in [5.74, 6) is 0.739. The third-order valence-electron chi connectivity index (χ3n) is 5.57. The predicted molar refractivity (Wildman–Crippen MR) is 80.7 cm³/mol. The van der Waals surface area contributed by atoms with Crippen LogP contribution in [0.5, 0.6) is 0 Å². The van der Waals surface area contributed by atoms with Crippen LogP contribution in [0.3, 0.4) is 0 Å². The molecule has 1 saturated carbocycles. The summed E-state index contributed by atoms with van der Waals surface area (Å²) < 4.78 is 0. The lowest BCUT2D eigenvalue weighted by atomic mass is 9.82. The summed E-state index contributed by atoms with van der Waals surface area (Å²) >= 11 is 0. The van der Waals surface area contributed by atoms with Gasteiger partial charge in [-0.1, -0.05) is 19.8 Å². The van der Waals surface area contributed by atoms with Crippen LogP contribution < -0.4 is 10.6 Å². The second kappa shape index (κ2) is 5.92. The largest absolute Gasteiger partial charge is 0.335 e. The number of nitrogens with zero attached hydrogens (tertiary/aromatic N) is 1. The molecule has 1 unspecified atom stereocenters. The Morgan fingerprint density at radius 1 is 1.15 bits per heavy atom. The quantitative estimate of drug-likeness (QED) is 0.830. The molecule has 3 fully saturated rings. The van der Waals surface area contributed by atoms with Gasteiger partial charge >= 0.3 is 6.03 Å². The van der Waals surface area contributed by atoms with E-state index in [4.69, 9.17) is 0 Å². The van der Waals surface area contributed by atoms with Gasteiger partial charge in [-0.3, -0.25) is 0 Å². The molecule has 1 aliphatic carbocycles. The second-order valence-electron chi connectivity index (χ2n) is 7.08. The molecule has 4 heteroatoms. The number of rotatable bonds is 4. The van der Waals surface area contributed by atoms with Crippen molar-refractivity contribution in [3.63, 3.8) is 0 Å². The minimum atomic E-state index is 0.0706. The summed E-state index contributed by atoms with van der Waals surface area (Å²) in [6.45, 7) is 2.22. The van der Waals surface area contributed by atoms with Crippen LogP contribution in [0.1, 0.15) is 58.3 Å². The molecule has 2 saturated heterocycles. The molecule has 0 aromatic heterocycles. The molecule has 0 radical (unpaired) electrons. The van der Waals surface area contributed by atoms with E-state index in [2.05, 4.69) is 29.5 Å². The molecule has 5 atom stereocenters. The molecule has 0 aromatic rings. The Morgan fingerprint density at radius 3 is 2.50 bits per heavy atom. The van der Waals surface area contributed by atoms with Gasteiger partial charge in [0.05, 0.1) is 0 Å². The molecule has 20 heavy (non-hydrogen) atoms. The van der Waals surface area contributed by atoms with Crippen LogP contribution in [0.15, 0.2) is 0 Å². The number of hydrogen-bond donors (Lipinski definition) is 2. The first-order valence-electron chi connectivity index (χ1n) is 8.46. The van der Waals surface area contributed by atoms with Crippen LogP contribution in [0.25, 0.3) is 0 Å². The van der Waals surface area contributed by atoms with Crippen molar-refractivity contribution in [3.05, 3.63) is 0 Å². The van der Waals surface area contributed by atoms with Crippen molar-refractivity contribution in [1.29, 1.82) is 0 Å². The highest BCUT2D eigenvalue weighted by Crippen LogP contribution is 2.35. The van der Waals surface area contributed by atoms with Gasteiger partial charge in [0.15, 0.2) is 0 Å². The SMILES string of the molecule is CCC[C@H]1C[C@H]1NC(=O)NC1C[C@H]2CCC[C@@H](C1)N2C. The standard InChI is InChI=1S/C16H29N3O/c1-3-5-11-8-15(11)18-16(20)17-12-9-13-6-4-7-14(10-12)19(13)2/h11-15H,3-10H2,1-2H3,(H2,17,18,20)/t11-,12?,13-,14+,15+/m0/s1. The number of carbonyl (C=O) groups is 1. The average molecular weight is 279 g/mol. The minimum absolute atomic E-state index is 0.0706. The van der Waals surface area contributed by atoms with E-state index in [0.29, 0.717) is 24.2 Å². The molecule has 3 aliphatic rings. The van der Waals surface area contributed by atoms with Crippen molar-refractivity contribution in [2.24, 2.45) is 5.92 Å². The summed E-state index contributed by atoms with van der Waals surface area (Å²) in [7, 11) is 2.25. The van der Waals surface area contributed by atoms with Crippen LogP contribution in [-0.4, -0.2) is 42.1 Å². The van der Waals surface area contributed by atoms with Gasteiger partial charge in [0.1, 0.15) is 0 Å². The molecule has 2 N–H and O–H groups in total. The fourth-order valence-electron chi connectivity index (χ4n) is 4.24. The molecule has 2 bridgehead atoms. The van der Waals surface area contributed by atoms with E-state index in [1.807, 2.05) is 0 Å². The molecular formula is C16H29N3O. The van der Waals surface area contributed by atoms with Crippen LogP contribution in [0.4, 0.5) is 4.79 Å². The van der Waals surface area contributed by atoms with Crippen LogP contribution >= 0.6 is 0 Å². The minimum Gasteiger partial charge on any atom is -0.335 e. The third-order valence-corrected chi connectivity index (χ3v) is 5.57. The zero-order chi connectivity index (χ0) is 14.1. The molecule has 2 amide bonds. The normalized spacial score (nSPS) is 40.2. The zero-order valence-corrected chi connectivity index (χ0v) is 12.9. The number of urea groups is 1. The number of carbonyl (C=O) groups excluding carboxylic acids is 1. The monoisotopic (exact) mass is 279 g/mol. The maximum Gasteiger partial charge on any atom is 0.315 e. The lowest BCUT2D eigenvalue weighted by molar-refractivity contribution is 0.0509. The summed E-state index contributed by atoms with van der Waals surface area (Å²) in [5, 5.41) is 6.37. The lowest BCUT2D eigenvalue weighted by Crippen LogP contribution is -2.56. The van der Waals surface area contributed by atoms with E-state index in [0.717, 1.165) is 18.8 Å². The van der Waals surface area contributed by atoms with Crippen molar-refractivity contribution in [2.45, 2.75) is 82.5 Å². The highest BCUT2D eigenvalue weighted by atomic mass is 16.2. The van der Waals surface area contributed by atoms with E-state index >= 15 is 0 Å². The highest BCUT2D eigenvalue weighted by molar-refractivity contribution is 5.75. The molecule has 4 nitrogen and oxygen atoms in total. The van der Waals surface area contributed by atoms with Crippen LogP contribution in [0.2, 0.25) is 0 Å². The molecular weight excluding hydrogens is 250 g/mol. The first kappa shape index (κ1) is 14.2. The fraction of sp³-hybridized carbons (Fsp3) is 0.938. The first-order valence-corrected chi connectivity index (χ1v) is 8.46. The van der Waals surface area contributed by atoms with E-state index in [1.165, 1.54) is 38.5 Å². The topological polar surface area (TPSA) is 44.4 Å². The van der Waals surface area contributed by atoms with Crippen molar-refractivity contribution in [2.75, 3.05) is 7.05 Å². The van der Waals surface area contributed by atoms with Crippen LogP contribution in [0, 0.1) is 5.92 Å². The van der Waals surface area contributed by atoms with Gasteiger partial charge in [0, 0.05) is 24.2 Å². The number of fused-ring (bicyclic) bond motifs is 2. The molecule has 0 spiro atoms. The summed E-state index contributed by atoms with van der Waals surface area (Å²) in [4.78, 5) is 14.6. The Bertz CT molecular complexity index is 346. The van der Waals surface area contributed by atoms with Gasteiger partial charge in [-0.2, -0.15) is 0 Å². The Kier molecular flexibility index (Phi) is 4.20. The Labute approximate surface area is 122 Å². The highest BCUT2D eigenvalue weighted by Gasteiger charge is 2.39. The molecule has 114 valence electrons. The van der Waals surface area contributed by atoms with Gasteiger partial charge in [-0.25, -0.2) is 4.79 Å². The third kappa shape index (κ3) is 3.11. The van der Waals surface area contributed by atoms with E-state index < -0.39 is 0 Å². The molecule has 0 aromatic carbocycles. The Hall–Kier alpha value is -0.770. The van der Waals surface area contributed by atoms with Crippen molar-refractivity contribution in [3.8, 4) is 0 Å².